The molecule has 1 saturated carbocycles. The van der Waals surface area contributed by atoms with Gasteiger partial charge in [0, 0.05) is 9.61 Å². The van der Waals surface area contributed by atoms with Gasteiger partial charge in [0.1, 0.15) is 0 Å². The lowest BCUT2D eigenvalue weighted by Crippen LogP contribution is -2.46. The first-order chi connectivity index (χ1) is 8.79. The van der Waals surface area contributed by atoms with Crippen molar-refractivity contribution in [2.24, 2.45) is 0 Å². The smallest absolute Gasteiger partial charge is 0.336 e. The summed E-state index contributed by atoms with van der Waals surface area (Å²) in [6, 6.07) is 3.68. The van der Waals surface area contributed by atoms with E-state index in [-0.39, 0.29) is 16.5 Å². The maximum Gasteiger partial charge on any atom is 0.336 e. The van der Waals surface area contributed by atoms with Crippen molar-refractivity contribution in [3.05, 3.63) is 27.3 Å². The number of hydrogen-bond donors (Lipinski definition) is 3. The van der Waals surface area contributed by atoms with E-state index in [1.54, 1.807) is 0 Å². The van der Waals surface area contributed by atoms with Crippen molar-refractivity contribution in [3.63, 3.8) is 0 Å². The fourth-order valence-electron chi connectivity index (χ4n) is 1.81. The number of benzene rings is 1. The molecule has 0 heterocycles. The van der Waals surface area contributed by atoms with Crippen LogP contribution in [-0.2, 0) is 10.0 Å². The average molecular weight is 397 g/mol. The molecule has 0 spiro atoms. The van der Waals surface area contributed by atoms with Crippen LogP contribution in [0.1, 0.15) is 23.2 Å². The first kappa shape index (κ1) is 14.7. The van der Waals surface area contributed by atoms with Gasteiger partial charge in [0.05, 0.1) is 16.6 Å². The number of aliphatic hydroxyl groups is 1. The summed E-state index contributed by atoms with van der Waals surface area (Å²) >= 11 is 1.84. The van der Waals surface area contributed by atoms with Gasteiger partial charge >= 0.3 is 5.97 Å². The van der Waals surface area contributed by atoms with Crippen molar-refractivity contribution in [1.82, 2.24) is 4.72 Å². The Bertz CT molecular complexity index is 610. The normalized spacial score (nSPS) is 22.8. The van der Waals surface area contributed by atoms with Crippen LogP contribution in [0.15, 0.2) is 23.1 Å². The summed E-state index contributed by atoms with van der Waals surface area (Å²) in [5.74, 6) is -1.17. The molecule has 1 aromatic rings. The van der Waals surface area contributed by atoms with Gasteiger partial charge in [-0.05, 0) is 53.6 Å². The topological polar surface area (TPSA) is 104 Å². The summed E-state index contributed by atoms with van der Waals surface area (Å²) in [6.45, 7) is 0. The lowest BCUT2D eigenvalue weighted by atomic mass is 9.91. The standard InChI is InChI=1S/C11H12INO5S/c12-10-2-1-8(5-9(10)11(15)16)19(17,18)13-6-3-7(14)4-6/h1-2,5-7,13-14H,3-4H2,(H,15,16). The van der Waals surface area contributed by atoms with Crippen LogP contribution in [0.4, 0.5) is 0 Å². The van der Waals surface area contributed by atoms with E-state index in [9.17, 15) is 13.2 Å². The molecule has 0 aliphatic heterocycles. The van der Waals surface area contributed by atoms with Crippen molar-refractivity contribution < 1.29 is 23.4 Å². The number of aromatic carboxylic acids is 1. The molecule has 6 nitrogen and oxygen atoms in total. The zero-order valence-corrected chi connectivity index (χ0v) is 12.7. The number of carboxylic acids is 1. The predicted molar refractivity (Wildman–Crippen MR) is 75.5 cm³/mol. The minimum Gasteiger partial charge on any atom is -0.478 e. The highest BCUT2D eigenvalue weighted by Gasteiger charge is 2.31. The highest BCUT2D eigenvalue weighted by molar-refractivity contribution is 14.1. The lowest BCUT2D eigenvalue weighted by Gasteiger charge is -2.31. The number of hydrogen-bond acceptors (Lipinski definition) is 4. The fourth-order valence-corrected chi connectivity index (χ4v) is 3.66. The van der Waals surface area contributed by atoms with Crippen LogP contribution >= 0.6 is 22.6 Å². The van der Waals surface area contributed by atoms with Gasteiger partial charge in [-0.25, -0.2) is 17.9 Å². The summed E-state index contributed by atoms with van der Waals surface area (Å²) < 4.78 is 27.0. The van der Waals surface area contributed by atoms with Gasteiger partial charge in [0.25, 0.3) is 0 Å². The Hall–Kier alpha value is -0.710. The summed E-state index contributed by atoms with van der Waals surface area (Å²) in [5.41, 5.74) is -0.0443. The molecule has 0 atom stereocenters. The van der Waals surface area contributed by atoms with E-state index in [0.29, 0.717) is 16.4 Å². The average Bonchev–Trinajstić information content (AvgIpc) is 2.26. The van der Waals surface area contributed by atoms with Crippen LogP contribution in [0, 0.1) is 3.57 Å². The van der Waals surface area contributed by atoms with Crippen molar-refractivity contribution in [2.75, 3.05) is 0 Å². The van der Waals surface area contributed by atoms with E-state index >= 15 is 0 Å². The maximum atomic E-state index is 12.0. The monoisotopic (exact) mass is 397 g/mol. The number of rotatable bonds is 4. The van der Waals surface area contributed by atoms with E-state index in [1.165, 1.54) is 12.1 Å². The summed E-state index contributed by atoms with van der Waals surface area (Å²) in [7, 11) is -3.74. The van der Waals surface area contributed by atoms with Gasteiger partial charge in [-0.1, -0.05) is 0 Å². The molecule has 8 heteroatoms. The summed E-state index contributed by atoms with van der Waals surface area (Å²) in [6.07, 6.45) is 0.309. The Morgan fingerprint density at radius 1 is 1.37 bits per heavy atom. The molecule has 0 radical (unpaired) electrons. The van der Waals surface area contributed by atoms with E-state index < -0.39 is 22.1 Å². The zero-order valence-electron chi connectivity index (χ0n) is 9.71. The van der Waals surface area contributed by atoms with Crippen molar-refractivity contribution in [3.8, 4) is 0 Å². The van der Waals surface area contributed by atoms with Gasteiger partial charge < -0.3 is 10.2 Å². The van der Waals surface area contributed by atoms with Crippen LogP contribution in [0.2, 0.25) is 0 Å². The van der Waals surface area contributed by atoms with E-state index in [1.807, 2.05) is 22.6 Å². The number of carboxylic acid groups (broad SMARTS) is 1. The van der Waals surface area contributed by atoms with Gasteiger partial charge in [-0.2, -0.15) is 0 Å². The van der Waals surface area contributed by atoms with Crippen LogP contribution < -0.4 is 4.72 Å². The van der Waals surface area contributed by atoms with Crippen LogP contribution in [0.25, 0.3) is 0 Å². The minimum absolute atomic E-state index is 0.0443. The number of carbonyl (C=O) groups is 1. The van der Waals surface area contributed by atoms with E-state index in [2.05, 4.69) is 4.72 Å². The maximum absolute atomic E-state index is 12.0. The van der Waals surface area contributed by atoms with Crippen molar-refractivity contribution in [2.45, 2.75) is 29.9 Å². The second-order valence-corrected chi connectivity index (χ2v) is 7.27. The molecular formula is C11H12INO5S. The Morgan fingerprint density at radius 3 is 2.53 bits per heavy atom. The first-order valence-corrected chi connectivity index (χ1v) is 8.09. The van der Waals surface area contributed by atoms with Crippen molar-refractivity contribution in [1.29, 1.82) is 0 Å². The molecule has 1 fully saturated rings. The molecule has 1 aliphatic rings. The molecule has 2 rings (SSSR count). The summed E-state index contributed by atoms with van der Waals surface area (Å²) in [4.78, 5) is 10.9. The summed E-state index contributed by atoms with van der Waals surface area (Å²) in [5, 5.41) is 18.1. The Labute approximate surface area is 124 Å². The number of aliphatic hydroxyl groups excluding tert-OH is 1. The first-order valence-electron chi connectivity index (χ1n) is 5.53. The molecule has 0 amide bonds. The zero-order chi connectivity index (χ0) is 14.2. The number of halogens is 1. The fraction of sp³-hybridized carbons (Fsp3) is 0.364. The second-order valence-electron chi connectivity index (χ2n) is 4.39. The van der Waals surface area contributed by atoms with E-state index in [4.69, 9.17) is 10.2 Å². The van der Waals surface area contributed by atoms with Gasteiger partial charge in [0.15, 0.2) is 0 Å². The van der Waals surface area contributed by atoms with Gasteiger partial charge in [0.2, 0.25) is 10.0 Å². The molecule has 0 unspecified atom stereocenters. The predicted octanol–water partition coefficient (Wildman–Crippen LogP) is 0.791. The third-order valence-electron chi connectivity index (χ3n) is 2.91. The molecule has 0 bridgehead atoms. The van der Waals surface area contributed by atoms with Gasteiger partial charge in [-0.15, -0.1) is 0 Å². The lowest BCUT2D eigenvalue weighted by molar-refractivity contribution is 0.0694. The second kappa shape index (κ2) is 5.35. The number of nitrogens with one attached hydrogen (secondary N) is 1. The molecule has 0 aromatic heterocycles. The molecule has 3 N–H and O–H groups in total. The molecule has 1 aromatic carbocycles. The number of sulfonamides is 1. The molecule has 19 heavy (non-hydrogen) atoms. The molecular weight excluding hydrogens is 385 g/mol. The largest absolute Gasteiger partial charge is 0.478 e. The Kier molecular flexibility index (Phi) is 4.14. The quantitative estimate of drug-likeness (QED) is 0.652. The Morgan fingerprint density at radius 2 is 2.00 bits per heavy atom. The van der Waals surface area contributed by atoms with E-state index in [0.717, 1.165) is 6.07 Å². The highest BCUT2D eigenvalue weighted by atomic mass is 127. The third-order valence-corrected chi connectivity index (χ3v) is 5.37. The highest BCUT2D eigenvalue weighted by Crippen LogP contribution is 2.23. The van der Waals surface area contributed by atoms with Crippen LogP contribution in [-0.4, -0.2) is 36.7 Å². The minimum atomic E-state index is -3.74. The van der Waals surface area contributed by atoms with Crippen LogP contribution in [0.3, 0.4) is 0 Å². The SMILES string of the molecule is O=C(O)c1cc(S(=O)(=O)NC2CC(O)C2)ccc1I. The molecule has 0 saturated heterocycles. The molecule has 104 valence electrons. The third kappa shape index (κ3) is 3.25. The Balaban J connectivity index is 2.25. The van der Waals surface area contributed by atoms with Crippen molar-refractivity contribution >= 4 is 38.6 Å². The van der Waals surface area contributed by atoms with Gasteiger partial charge in [-0.3, -0.25) is 0 Å². The van der Waals surface area contributed by atoms with Crippen LogP contribution in [0.5, 0.6) is 0 Å². The molecule has 1 aliphatic carbocycles.